The van der Waals surface area contributed by atoms with Crippen molar-refractivity contribution in [1.82, 2.24) is 0 Å². The first kappa shape index (κ1) is 8.92. The molecule has 0 saturated carbocycles. The van der Waals surface area contributed by atoms with E-state index in [2.05, 4.69) is 11.8 Å². The van der Waals surface area contributed by atoms with Gasteiger partial charge in [0, 0.05) is 12.0 Å². The predicted octanol–water partition coefficient (Wildman–Crippen LogP) is 1.15. The van der Waals surface area contributed by atoms with E-state index in [1.165, 1.54) is 0 Å². The highest BCUT2D eigenvalue weighted by atomic mass is 16.7. The van der Waals surface area contributed by atoms with Gasteiger partial charge in [-0.25, -0.2) is 0 Å². The Morgan fingerprint density at radius 2 is 2.14 bits per heavy atom. The summed E-state index contributed by atoms with van der Waals surface area (Å²) >= 11 is 0. The molecule has 14 heavy (non-hydrogen) atoms. The van der Waals surface area contributed by atoms with E-state index in [1.54, 1.807) is 0 Å². The van der Waals surface area contributed by atoms with Crippen molar-refractivity contribution in [2.45, 2.75) is 6.42 Å². The highest BCUT2D eigenvalue weighted by Gasteiger charge is 2.12. The van der Waals surface area contributed by atoms with Crippen molar-refractivity contribution >= 4 is 0 Å². The Morgan fingerprint density at radius 3 is 3.00 bits per heavy atom. The third-order valence-electron chi connectivity index (χ3n) is 1.84. The molecule has 3 nitrogen and oxygen atoms in total. The van der Waals surface area contributed by atoms with Crippen LogP contribution in [0.15, 0.2) is 18.2 Å². The van der Waals surface area contributed by atoms with Gasteiger partial charge in [0.05, 0.1) is 6.61 Å². The monoisotopic (exact) mass is 190 g/mol. The Morgan fingerprint density at radius 1 is 1.29 bits per heavy atom. The van der Waals surface area contributed by atoms with Crippen LogP contribution in [0, 0.1) is 11.8 Å². The van der Waals surface area contributed by atoms with Crippen LogP contribution in [0.25, 0.3) is 0 Å². The Kier molecular flexibility index (Phi) is 2.57. The number of rotatable bonds is 1. The zero-order chi connectivity index (χ0) is 9.80. The third-order valence-corrected chi connectivity index (χ3v) is 1.84. The van der Waals surface area contributed by atoms with E-state index in [9.17, 15) is 0 Å². The lowest BCUT2D eigenvalue weighted by Crippen LogP contribution is -1.92. The van der Waals surface area contributed by atoms with Gasteiger partial charge in [-0.05, 0) is 18.2 Å². The fraction of sp³-hybridized carbons (Fsp3) is 0.273. The van der Waals surface area contributed by atoms with Crippen molar-refractivity contribution in [3.63, 3.8) is 0 Å². The van der Waals surface area contributed by atoms with Gasteiger partial charge >= 0.3 is 0 Å². The normalized spacial score (nSPS) is 12.1. The van der Waals surface area contributed by atoms with E-state index < -0.39 is 0 Å². The maximum atomic E-state index is 8.55. The summed E-state index contributed by atoms with van der Waals surface area (Å²) in [5.41, 5.74) is 0.878. The molecule has 0 aromatic heterocycles. The molecule has 1 N–H and O–H groups in total. The van der Waals surface area contributed by atoms with Crippen LogP contribution in [0.3, 0.4) is 0 Å². The summed E-state index contributed by atoms with van der Waals surface area (Å²) in [6.07, 6.45) is 0.494. The highest BCUT2D eigenvalue weighted by Crippen LogP contribution is 2.32. The highest BCUT2D eigenvalue weighted by molar-refractivity contribution is 5.49. The molecule has 0 bridgehead atoms. The zero-order valence-electron chi connectivity index (χ0n) is 7.62. The summed E-state index contributed by atoms with van der Waals surface area (Å²) in [7, 11) is 0. The fourth-order valence-electron chi connectivity index (χ4n) is 1.19. The second-order valence-electron chi connectivity index (χ2n) is 2.84. The summed E-state index contributed by atoms with van der Waals surface area (Å²) < 4.78 is 10.4. The van der Waals surface area contributed by atoms with Crippen LogP contribution in [-0.2, 0) is 0 Å². The molecule has 0 spiro atoms. The van der Waals surface area contributed by atoms with Crippen molar-refractivity contribution in [3.8, 4) is 23.3 Å². The summed E-state index contributed by atoms with van der Waals surface area (Å²) in [4.78, 5) is 0. The first-order chi connectivity index (χ1) is 6.90. The smallest absolute Gasteiger partial charge is 0.231 e. The van der Waals surface area contributed by atoms with Gasteiger partial charge in [0.2, 0.25) is 6.79 Å². The van der Waals surface area contributed by atoms with Crippen LogP contribution >= 0.6 is 0 Å². The van der Waals surface area contributed by atoms with E-state index >= 15 is 0 Å². The van der Waals surface area contributed by atoms with Crippen LogP contribution in [0.5, 0.6) is 11.5 Å². The first-order valence-corrected chi connectivity index (χ1v) is 4.39. The average Bonchev–Trinajstić information content (AvgIpc) is 2.65. The van der Waals surface area contributed by atoms with Crippen LogP contribution in [0.2, 0.25) is 0 Å². The number of benzene rings is 1. The largest absolute Gasteiger partial charge is 0.454 e. The van der Waals surface area contributed by atoms with Gasteiger partial charge in [-0.3, -0.25) is 0 Å². The van der Waals surface area contributed by atoms with Gasteiger partial charge in [0.25, 0.3) is 0 Å². The number of fused-ring (bicyclic) bond motifs is 1. The van der Waals surface area contributed by atoms with E-state index in [4.69, 9.17) is 14.6 Å². The summed E-state index contributed by atoms with van der Waals surface area (Å²) in [5.74, 6) is 7.27. The van der Waals surface area contributed by atoms with E-state index in [0.29, 0.717) is 6.42 Å². The number of hydrogen-bond donors (Lipinski definition) is 1. The van der Waals surface area contributed by atoms with Crippen molar-refractivity contribution in [2.24, 2.45) is 0 Å². The molecule has 0 fully saturated rings. The molecule has 0 aliphatic carbocycles. The Labute approximate surface area is 82.3 Å². The molecule has 0 radical (unpaired) electrons. The molecule has 2 rings (SSSR count). The van der Waals surface area contributed by atoms with Crippen LogP contribution in [-0.4, -0.2) is 18.5 Å². The predicted molar refractivity (Wildman–Crippen MR) is 51.1 cm³/mol. The van der Waals surface area contributed by atoms with Crippen LogP contribution in [0.4, 0.5) is 0 Å². The zero-order valence-corrected chi connectivity index (χ0v) is 7.62. The van der Waals surface area contributed by atoms with Crippen molar-refractivity contribution in [2.75, 3.05) is 13.4 Å². The van der Waals surface area contributed by atoms with Gasteiger partial charge < -0.3 is 14.6 Å². The van der Waals surface area contributed by atoms with Gasteiger partial charge in [-0.1, -0.05) is 11.8 Å². The van der Waals surface area contributed by atoms with Crippen molar-refractivity contribution < 1.29 is 14.6 Å². The molecule has 0 atom stereocenters. The van der Waals surface area contributed by atoms with Gasteiger partial charge in [0.15, 0.2) is 11.5 Å². The standard InChI is InChI=1S/C11H10O3/c12-6-2-1-3-9-4-5-10-11(7-9)14-8-13-10/h4-5,7,12H,2,6,8H2. The lowest BCUT2D eigenvalue weighted by Gasteiger charge is -1.95. The average molecular weight is 190 g/mol. The minimum atomic E-state index is 0.0948. The van der Waals surface area contributed by atoms with E-state index in [1.807, 2.05) is 18.2 Å². The maximum Gasteiger partial charge on any atom is 0.231 e. The quantitative estimate of drug-likeness (QED) is 0.675. The van der Waals surface area contributed by atoms with E-state index in [-0.39, 0.29) is 13.4 Å². The summed E-state index contributed by atoms with van der Waals surface area (Å²) in [6, 6.07) is 5.55. The molecule has 0 unspecified atom stereocenters. The fourth-order valence-corrected chi connectivity index (χ4v) is 1.19. The molecular formula is C11H10O3. The number of aliphatic hydroxyl groups excluding tert-OH is 1. The van der Waals surface area contributed by atoms with Gasteiger partial charge in [-0.2, -0.15) is 0 Å². The molecular weight excluding hydrogens is 180 g/mol. The lowest BCUT2D eigenvalue weighted by molar-refractivity contribution is 0.174. The minimum absolute atomic E-state index is 0.0948. The molecule has 72 valence electrons. The molecule has 0 saturated heterocycles. The molecule has 1 heterocycles. The molecule has 3 heteroatoms. The Bertz CT molecular complexity index is 387. The van der Waals surface area contributed by atoms with Crippen molar-refractivity contribution in [3.05, 3.63) is 23.8 Å². The second-order valence-corrected chi connectivity index (χ2v) is 2.84. The number of aliphatic hydroxyl groups is 1. The van der Waals surface area contributed by atoms with Crippen LogP contribution in [0.1, 0.15) is 12.0 Å². The van der Waals surface area contributed by atoms with Gasteiger partial charge in [0.1, 0.15) is 0 Å². The SMILES string of the molecule is OCCC#Cc1ccc2c(c1)OCO2. The van der Waals surface area contributed by atoms with Crippen molar-refractivity contribution in [1.29, 1.82) is 0 Å². The Balaban J connectivity index is 2.18. The lowest BCUT2D eigenvalue weighted by atomic mass is 10.2. The number of ether oxygens (including phenoxy) is 2. The topological polar surface area (TPSA) is 38.7 Å². The molecule has 1 aliphatic rings. The molecule has 1 aromatic rings. The second kappa shape index (κ2) is 4.03. The molecule has 0 amide bonds. The molecule has 1 aliphatic heterocycles. The molecule has 1 aromatic carbocycles. The van der Waals surface area contributed by atoms with Crippen LogP contribution < -0.4 is 9.47 Å². The summed E-state index contributed by atoms with van der Waals surface area (Å²) in [6.45, 7) is 0.375. The number of hydrogen-bond acceptors (Lipinski definition) is 3. The maximum absolute atomic E-state index is 8.55. The summed E-state index contributed by atoms with van der Waals surface area (Å²) in [5, 5.41) is 8.55. The van der Waals surface area contributed by atoms with Gasteiger partial charge in [-0.15, -0.1) is 0 Å². The Hall–Kier alpha value is -1.66. The minimum Gasteiger partial charge on any atom is -0.454 e. The first-order valence-electron chi connectivity index (χ1n) is 4.39. The van der Waals surface area contributed by atoms with E-state index in [0.717, 1.165) is 17.1 Å². The third kappa shape index (κ3) is 1.81.